The van der Waals surface area contributed by atoms with E-state index >= 15 is 0 Å². The molecule has 2 rings (SSSR count). The molecule has 0 bridgehead atoms. The van der Waals surface area contributed by atoms with E-state index < -0.39 is 5.97 Å². The summed E-state index contributed by atoms with van der Waals surface area (Å²) in [5, 5.41) is 9.16. The standard InChI is InChI=1S/C19H23NO4/c1-4-6-7-13-8-10-14(11-9-13)20(3)18(21)17-12-15(19(22)23)16(5-2)24-17/h8-12H,4-7H2,1-3H3,(H,22,23). The molecule has 0 aliphatic heterocycles. The Hall–Kier alpha value is -2.56. The number of hydrogen-bond acceptors (Lipinski definition) is 3. The third-order valence-electron chi connectivity index (χ3n) is 4.02. The van der Waals surface area contributed by atoms with Crippen LogP contribution in [-0.2, 0) is 12.8 Å². The molecule has 1 amide bonds. The number of carbonyl (C=O) groups excluding carboxylic acids is 1. The molecule has 0 aliphatic carbocycles. The molecule has 0 spiro atoms. The number of aryl methyl sites for hydroxylation is 2. The number of rotatable bonds is 7. The number of nitrogens with zero attached hydrogens (tertiary/aromatic N) is 1. The number of amides is 1. The van der Waals surface area contributed by atoms with Crippen molar-refractivity contribution in [1.29, 1.82) is 0 Å². The van der Waals surface area contributed by atoms with Crippen molar-refractivity contribution in [3.05, 3.63) is 53.0 Å². The van der Waals surface area contributed by atoms with Gasteiger partial charge in [0.15, 0.2) is 5.76 Å². The summed E-state index contributed by atoms with van der Waals surface area (Å²) in [6, 6.07) is 9.11. The lowest BCUT2D eigenvalue weighted by Crippen LogP contribution is -2.25. The summed E-state index contributed by atoms with van der Waals surface area (Å²) in [6.45, 7) is 3.94. The predicted molar refractivity (Wildman–Crippen MR) is 92.8 cm³/mol. The summed E-state index contributed by atoms with van der Waals surface area (Å²) >= 11 is 0. The van der Waals surface area contributed by atoms with Crippen molar-refractivity contribution in [2.45, 2.75) is 39.5 Å². The fourth-order valence-corrected chi connectivity index (χ4v) is 2.53. The number of anilines is 1. The first-order chi connectivity index (χ1) is 11.5. The Morgan fingerprint density at radius 3 is 2.33 bits per heavy atom. The molecule has 5 nitrogen and oxygen atoms in total. The first-order valence-corrected chi connectivity index (χ1v) is 8.20. The van der Waals surface area contributed by atoms with E-state index in [9.17, 15) is 9.59 Å². The maximum absolute atomic E-state index is 12.5. The molecule has 0 saturated heterocycles. The van der Waals surface area contributed by atoms with E-state index in [4.69, 9.17) is 9.52 Å². The van der Waals surface area contributed by atoms with Gasteiger partial charge in [-0.2, -0.15) is 0 Å². The van der Waals surface area contributed by atoms with Gasteiger partial charge in [0.2, 0.25) is 0 Å². The van der Waals surface area contributed by atoms with Gasteiger partial charge in [-0.1, -0.05) is 32.4 Å². The fourth-order valence-electron chi connectivity index (χ4n) is 2.53. The Bertz CT molecular complexity index is 715. The van der Waals surface area contributed by atoms with Crippen molar-refractivity contribution < 1.29 is 19.1 Å². The molecule has 1 N–H and O–H groups in total. The summed E-state index contributed by atoms with van der Waals surface area (Å²) in [7, 11) is 1.65. The molecule has 24 heavy (non-hydrogen) atoms. The van der Waals surface area contributed by atoms with Gasteiger partial charge >= 0.3 is 5.97 Å². The normalized spacial score (nSPS) is 10.6. The van der Waals surface area contributed by atoms with Crippen LogP contribution in [0.4, 0.5) is 5.69 Å². The molecule has 2 aromatic rings. The molecule has 0 saturated carbocycles. The fraction of sp³-hybridized carbons (Fsp3) is 0.368. The molecular weight excluding hydrogens is 306 g/mol. The van der Waals surface area contributed by atoms with Crippen LogP contribution in [0.5, 0.6) is 0 Å². The van der Waals surface area contributed by atoms with Crippen LogP contribution >= 0.6 is 0 Å². The molecule has 0 aliphatic rings. The van der Waals surface area contributed by atoms with Crippen molar-refractivity contribution in [2.75, 3.05) is 11.9 Å². The van der Waals surface area contributed by atoms with Crippen LogP contribution in [0.1, 0.15) is 58.9 Å². The first kappa shape index (κ1) is 17.8. The highest BCUT2D eigenvalue weighted by molar-refractivity contribution is 6.05. The van der Waals surface area contributed by atoms with Crippen LogP contribution in [-0.4, -0.2) is 24.0 Å². The van der Waals surface area contributed by atoms with E-state index in [1.807, 2.05) is 24.3 Å². The maximum atomic E-state index is 12.5. The molecule has 0 radical (unpaired) electrons. The number of furan rings is 1. The van der Waals surface area contributed by atoms with Gasteiger partial charge in [0.25, 0.3) is 5.91 Å². The average Bonchev–Trinajstić information content (AvgIpc) is 3.03. The minimum Gasteiger partial charge on any atom is -0.478 e. The zero-order chi connectivity index (χ0) is 17.7. The minimum atomic E-state index is -1.09. The summed E-state index contributed by atoms with van der Waals surface area (Å²) in [4.78, 5) is 25.2. The molecule has 0 fully saturated rings. The SMILES string of the molecule is CCCCc1ccc(N(C)C(=O)c2cc(C(=O)O)c(CC)o2)cc1. The van der Waals surface area contributed by atoms with E-state index in [1.54, 1.807) is 14.0 Å². The Morgan fingerprint density at radius 1 is 1.17 bits per heavy atom. The summed E-state index contributed by atoms with van der Waals surface area (Å²) in [6.07, 6.45) is 3.72. The lowest BCUT2D eigenvalue weighted by atomic mass is 10.1. The molecule has 128 valence electrons. The third kappa shape index (κ3) is 3.85. The summed E-state index contributed by atoms with van der Waals surface area (Å²) in [5.41, 5.74) is 2.02. The first-order valence-electron chi connectivity index (χ1n) is 8.20. The second-order valence-electron chi connectivity index (χ2n) is 5.74. The zero-order valence-corrected chi connectivity index (χ0v) is 14.3. The van der Waals surface area contributed by atoms with Crippen LogP contribution in [0.2, 0.25) is 0 Å². The summed E-state index contributed by atoms with van der Waals surface area (Å²) in [5.74, 6) is -1.09. The van der Waals surface area contributed by atoms with Gasteiger partial charge in [0, 0.05) is 25.2 Å². The highest BCUT2D eigenvalue weighted by Gasteiger charge is 2.23. The lowest BCUT2D eigenvalue weighted by molar-refractivity contribution is 0.0694. The highest BCUT2D eigenvalue weighted by Crippen LogP contribution is 2.21. The van der Waals surface area contributed by atoms with Crippen LogP contribution in [0.15, 0.2) is 34.7 Å². The zero-order valence-electron chi connectivity index (χ0n) is 14.3. The Labute approximate surface area is 141 Å². The number of carboxylic acids is 1. The van der Waals surface area contributed by atoms with Gasteiger partial charge in [-0.15, -0.1) is 0 Å². The number of benzene rings is 1. The number of carbonyl (C=O) groups is 2. The second kappa shape index (κ2) is 7.81. The smallest absolute Gasteiger partial charge is 0.339 e. The quantitative estimate of drug-likeness (QED) is 0.828. The predicted octanol–water partition coefficient (Wildman–Crippen LogP) is 4.16. The number of aromatic carboxylic acids is 1. The number of unbranched alkanes of at least 4 members (excludes halogenated alkanes) is 1. The largest absolute Gasteiger partial charge is 0.478 e. The number of carboxylic acid groups (broad SMARTS) is 1. The molecular formula is C19H23NO4. The topological polar surface area (TPSA) is 70.8 Å². The average molecular weight is 329 g/mol. The third-order valence-corrected chi connectivity index (χ3v) is 4.02. The van der Waals surface area contributed by atoms with E-state index in [2.05, 4.69) is 6.92 Å². The van der Waals surface area contributed by atoms with Gasteiger partial charge in [-0.3, -0.25) is 4.79 Å². The molecule has 1 aromatic carbocycles. The molecule has 5 heteroatoms. The van der Waals surface area contributed by atoms with Crippen LogP contribution in [0.3, 0.4) is 0 Å². The highest BCUT2D eigenvalue weighted by atomic mass is 16.4. The van der Waals surface area contributed by atoms with E-state index in [0.29, 0.717) is 12.2 Å². The van der Waals surface area contributed by atoms with Crippen molar-refractivity contribution >= 4 is 17.6 Å². The monoisotopic (exact) mass is 329 g/mol. The summed E-state index contributed by atoms with van der Waals surface area (Å²) < 4.78 is 5.43. The van der Waals surface area contributed by atoms with Crippen LogP contribution < -0.4 is 4.90 Å². The van der Waals surface area contributed by atoms with E-state index in [1.165, 1.54) is 16.5 Å². The maximum Gasteiger partial charge on any atom is 0.339 e. The Balaban J connectivity index is 2.18. The lowest BCUT2D eigenvalue weighted by Gasteiger charge is -2.16. The Morgan fingerprint density at radius 2 is 1.83 bits per heavy atom. The van der Waals surface area contributed by atoms with Crippen molar-refractivity contribution in [2.24, 2.45) is 0 Å². The van der Waals surface area contributed by atoms with Crippen LogP contribution in [0.25, 0.3) is 0 Å². The van der Waals surface area contributed by atoms with E-state index in [0.717, 1.165) is 24.9 Å². The molecule has 1 aromatic heterocycles. The van der Waals surface area contributed by atoms with Gasteiger partial charge in [0.05, 0.1) is 0 Å². The Kier molecular flexibility index (Phi) is 5.79. The molecule has 0 atom stereocenters. The van der Waals surface area contributed by atoms with Gasteiger partial charge < -0.3 is 14.4 Å². The second-order valence-corrected chi connectivity index (χ2v) is 5.74. The van der Waals surface area contributed by atoms with Gasteiger partial charge in [-0.05, 0) is 30.5 Å². The molecule has 1 heterocycles. The molecule has 0 unspecified atom stereocenters. The van der Waals surface area contributed by atoms with Gasteiger partial charge in [0.1, 0.15) is 11.3 Å². The minimum absolute atomic E-state index is 0.0433. The van der Waals surface area contributed by atoms with Crippen LogP contribution in [0, 0.1) is 0 Å². The number of hydrogen-bond donors (Lipinski definition) is 1. The van der Waals surface area contributed by atoms with Crippen molar-refractivity contribution in [3.63, 3.8) is 0 Å². The van der Waals surface area contributed by atoms with Crippen molar-refractivity contribution in [3.8, 4) is 0 Å². The van der Waals surface area contributed by atoms with Gasteiger partial charge in [-0.25, -0.2) is 4.79 Å². The van der Waals surface area contributed by atoms with E-state index in [-0.39, 0.29) is 17.2 Å². The van der Waals surface area contributed by atoms with Crippen molar-refractivity contribution in [1.82, 2.24) is 0 Å².